The molecule has 0 saturated carbocycles. The molecule has 0 bridgehead atoms. The standard InChI is InChI=1S/C12H21NO/c1-5-6-9(2)12(13-4)11-8-7-10(3)14-11/h7-9,12-13H,5-6H2,1-4H3. The van der Waals surface area contributed by atoms with Crippen LogP contribution in [0.4, 0.5) is 0 Å². The molecular formula is C12H21NO. The zero-order valence-corrected chi connectivity index (χ0v) is 9.63. The average molecular weight is 195 g/mol. The van der Waals surface area contributed by atoms with Gasteiger partial charge in [-0.1, -0.05) is 20.3 Å². The lowest BCUT2D eigenvalue weighted by Gasteiger charge is -2.20. The maximum Gasteiger partial charge on any atom is 0.121 e. The predicted molar refractivity (Wildman–Crippen MR) is 59.3 cm³/mol. The molecule has 2 heteroatoms. The Balaban J connectivity index is 2.71. The van der Waals surface area contributed by atoms with Crippen molar-refractivity contribution in [3.8, 4) is 0 Å². The molecule has 0 aliphatic heterocycles. The zero-order valence-electron chi connectivity index (χ0n) is 9.63. The van der Waals surface area contributed by atoms with Crippen molar-refractivity contribution in [2.75, 3.05) is 7.05 Å². The first kappa shape index (κ1) is 11.3. The van der Waals surface area contributed by atoms with Gasteiger partial charge in [0.1, 0.15) is 11.5 Å². The normalized spacial score (nSPS) is 15.4. The first-order chi connectivity index (χ1) is 6.69. The van der Waals surface area contributed by atoms with Gasteiger partial charge in [-0.05, 0) is 38.4 Å². The van der Waals surface area contributed by atoms with Gasteiger partial charge in [0, 0.05) is 0 Å². The first-order valence-electron chi connectivity index (χ1n) is 5.42. The molecule has 2 atom stereocenters. The Hall–Kier alpha value is -0.760. The van der Waals surface area contributed by atoms with Crippen LogP contribution in [0.5, 0.6) is 0 Å². The Morgan fingerprint density at radius 2 is 2.14 bits per heavy atom. The molecule has 1 heterocycles. The molecule has 1 rings (SSSR count). The van der Waals surface area contributed by atoms with Crippen molar-refractivity contribution >= 4 is 0 Å². The lowest BCUT2D eigenvalue weighted by atomic mass is 9.95. The van der Waals surface area contributed by atoms with Crippen LogP contribution in [0.1, 0.15) is 44.3 Å². The van der Waals surface area contributed by atoms with E-state index < -0.39 is 0 Å². The van der Waals surface area contributed by atoms with Crippen molar-refractivity contribution < 1.29 is 4.42 Å². The van der Waals surface area contributed by atoms with Crippen LogP contribution >= 0.6 is 0 Å². The fourth-order valence-electron chi connectivity index (χ4n) is 1.95. The highest BCUT2D eigenvalue weighted by molar-refractivity contribution is 5.10. The molecule has 2 unspecified atom stereocenters. The van der Waals surface area contributed by atoms with Gasteiger partial charge in [0.05, 0.1) is 6.04 Å². The van der Waals surface area contributed by atoms with Gasteiger partial charge in [0.25, 0.3) is 0 Å². The highest BCUT2D eigenvalue weighted by Gasteiger charge is 2.19. The van der Waals surface area contributed by atoms with E-state index in [4.69, 9.17) is 4.42 Å². The number of hydrogen-bond donors (Lipinski definition) is 1. The van der Waals surface area contributed by atoms with Crippen LogP contribution in [-0.2, 0) is 0 Å². The first-order valence-corrected chi connectivity index (χ1v) is 5.42. The highest BCUT2D eigenvalue weighted by Crippen LogP contribution is 2.26. The topological polar surface area (TPSA) is 25.2 Å². The minimum absolute atomic E-state index is 0.351. The fraction of sp³-hybridized carbons (Fsp3) is 0.667. The second-order valence-corrected chi connectivity index (χ2v) is 3.98. The van der Waals surface area contributed by atoms with Gasteiger partial charge < -0.3 is 9.73 Å². The molecule has 0 aliphatic carbocycles. The Kier molecular flexibility index (Phi) is 4.21. The van der Waals surface area contributed by atoms with E-state index in [1.54, 1.807) is 0 Å². The van der Waals surface area contributed by atoms with E-state index in [1.807, 2.05) is 20.0 Å². The molecule has 14 heavy (non-hydrogen) atoms. The lowest BCUT2D eigenvalue weighted by Crippen LogP contribution is -2.22. The van der Waals surface area contributed by atoms with Gasteiger partial charge in [-0.15, -0.1) is 0 Å². The Morgan fingerprint density at radius 3 is 2.57 bits per heavy atom. The molecule has 0 fully saturated rings. The molecule has 1 N–H and O–H groups in total. The van der Waals surface area contributed by atoms with E-state index in [9.17, 15) is 0 Å². The SMILES string of the molecule is CCCC(C)C(NC)c1ccc(C)o1. The van der Waals surface area contributed by atoms with Crippen LogP contribution in [0.25, 0.3) is 0 Å². The van der Waals surface area contributed by atoms with Crippen LogP contribution in [0.15, 0.2) is 16.5 Å². The van der Waals surface area contributed by atoms with Crippen molar-refractivity contribution in [1.29, 1.82) is 0 Å². The maximum atomic E-state index is 5.64. The van der Waals surface area contributed by atoms with E-state index in [-0.39, 0.29) is 0 Å². The number of aryl methyl sites for hydroxylation is 1. The number of rotatable bonds is 5. The molecule has 0 saturated heterocycles. The van der Waals surface area contributed by atoms with Crippen molar-refractivity contribution in [2.45, 2.75) is 39.7 Å². The van der Waals surface area contributed by atoms with Gasteiger partial charge in [-0.25, -0.2) is 0 Å². The summed E-state index contributed by atoms with van der Waals surface area (Å²) in [4.78, 5) is 0. The number of nitrogens with one attached hydrogen (secondary N) is 1. The van der Waals surface area contributed by atoms with Gasteiger partial charge in [-0.3, -0.25) is 0 Å². The highest BCUT2D eigenvalue weighted by atomic mass is 16.3. The van der Waals surface area contributed by atoms with Crippen molar-refractivity contribution in [2.24, 2.45) is 5.92 Å². The van der Waals surface area contributed by atoms with Gasteiger partial charge in [0.15, 0.2) is 0 Å². The molecule has 1 aromatic rings. The molecule has 0 radical (unpaired) electrons. The van der Waals surface area contributed by atoms with E-state index in [0.29, 0.717) is 12.0 Å². The second-order valence-electron chi connectivity index (χ2n) is 3.98. The fourth-order valence-corrected chi connectivity index (χ4v) is 1.95. The minimum atomic E-state index is 0.351. The van der Waals surface area contributed by atoms with E-state index in [0.717, 1.165) is 11.5 Å². The maximum absolute atomic E-state index is 5.64. The van der Waals surface area contributed by atoms with E-state index in [2.05, 4.69) is 25.2 Å². The summed E-state index contributed by atoms with van der Waals surface area (Å²) >= 11 is 0. The molecule has 0 amide bonds. The monoisotopic (exact) mass is 195 g/mol. The Morgan fingerprint density at radius 1 is 1.43 bits per heavy atom. The van der Waals surface area contributed by atoms with Gasteiger partial charge in [-0.2, -0.15) is 0 Å². The summed E-state index contributed by atoms with van der Waals surface area (Å²) in [6.45, 7) is 6.47. The van der Waals surface area contributed by atoms with Gasteiger partial charge >= 0.3 is 0 Å². The summed E-state index contributed by atoms with van der Waals surface area (Å²) in [5.74, 6) is 2.67. The van der Waals surface area contributed by atoms with Crippen LogP contribution in [0.3, 0.4) is 0 Å². The van der Waals surface area contributed by atoms with Crippen LogP contribution in [-0.4, -0.2) is 7.05 Å². The third kappa shape index (κ3) is 2.61. The number of hydrogen-bond acceptors (Lipinski definition) is 2. The molecule has 0 aliphatic rings. The minimum Gasteiger partial charge on any atom is -0.465 e. The molecule has 0 aromatic carbocycles. The predicted octanol–water partition coefficient (Wildman–Crippen LogP) is 3.28. The summed E-state index contributed by atoms with van der Waals surface area (Å²) in [6.07, 6.45) is 2.45. The summed E-state index contributed by atoms with van der Waals surface area (Å²) < 4.78 is 5.64. The Bertz CT molecular complexity index is 267. The quantitative estimate of drug-likeness (QED) is 0.780. The summed E-state index contributed by atoms with van der Waals surface area (Å²) in [5, 5.41) is 3.32. The van der Waals surface area contributed by atoms with Crippen LogP contribution in [0, 0.1) is 12.8 Å². The lowest BCUT2D eigenvalue weighted by molar-refractivity contribution is 0.321. The summed E-state index contributed by atoms with van der Waals surface area (Å²) in [7, 11) is 1.99. The van der Waals surface area contributed by atoms with Crippen LogP contribution < -0.4 is 5.32 Å². The van der Waals surface area contributed by atoms with Crippen LogP contribution in [0.2, 0.25) is 0 Å². The molecule has 0 spiro atoms. The van der Waals surface area contributed by atoms with Crippen molar-refractivity contribution in [3.63, 3.8) is 0 Å². The second kappa shape index (κ2) is 5.20. The molecule has 1 aromatic heterocycles. The van der Waals surface area contributed by atoms with E-state index >= 15 is 0 Å². The van der Waals surface area contributed by atoms with Crippen molar-refractivity contribution in [1.82, 2.24) is 5.32 Å². The van der Waals surface area contributed by atoms with Crippen molar-refractivity contribution in [3.05, 3.63) is 23.7 Å². The van der Waals surface area contributed by atoms with Gasteiger partial charge in [0.2, 0.25) is 0 Å². The molecular weight excluding hydrogens is 174 g/mol. The summed E-state index contributed by atoms with van der Waals surface area (Å²) in [5.41, 5.74) is 0. The third-order valence-corrected chi connectivity index (χ3v) is 2.69. The largest absolute Gasteiger partial charge is 0.465 e. The molecule has 2 nitrogen and oxygen atoms in total. The number of furan rings is 1. The summed E-state index contributed by atoms with van der Waals surface area (Å²) in [6, 6.07) is 4.45. The Labute approximate surface area is 86.7 Å². The van der Waals surface area contributed by atoms with E-state index in [1.165, 1.54) is 12.8 Å². The smallest absolute Gasteiger partial charge is 0.121 e. The zero-order chi connectivity index (χ0) is 10.6. The average Bonchev–Trinajstić information content (AvgIpc) is 2.54. The molecule has 80 valence electrons. The third-order valence-electron chi connectivity index (χ3n) is 2.69.